The second kappa shape index (κ2) is 37.7. The van der Waals surface area contributed by atoms with Crippen LogP contribution in [0.25, 0.3) is 101 Å². The van der Waals surface area contributed by atoms with Crippen LogP contribution in [0.3, 0.4) is 0 Å². The van der Waals surface area contributed by atoms with Crippen molar-refractivity contribution in [1.29, 1.82) is 0 Å². The van der Waals surface area contributed by atoms with E-state index >= 15 is 0 Å². The molecule has 0 aliphatic carbocycles. The summed E-state index contributed by atoms with van der Waals surface area (Å²) in [6.07, 6.45) is 0. The molecule has 468 valence electrons. The van der Waals surface area contributed by atoms with Crippen molar-refractivity contribution in [3.63, 3.8) is 0 Å². The molecule has 0 saturated carbocycles. The fraction of sp³-hybridized carbons (Fsp3) is 0.0676. The Morgan fingerprint density at radius 2 is 0.315 bits per heavy atom. The quantitative estimate of drug-likeness (QED) is 0.0820. The van der Waals surface area contributed by atoms with Gasteiger partial charge in [0, 0.05) is 16.7 Å². The molecule has 0 aliphatic rings. The maximum absolute atomic E-state index is 9.67. The van der Waals surface area contributed by atoms with Gasteiger partial charge in [0.15, 0.2) is 0 Å². The van der Waals surface area contributed by atoms with Crippen molar-refractivity contribution in [3.05, 3.63) is 307 Å². The molecule has 0 spiro atoms. The van der Waals surface area contributed by atoms with Crippen molar-refractivity contribution in [3.8, 4) is 101 Å². The molecule has 0 atom stereocenters. The summed E-state index contributed by atoms with van der Waals surface area (Å²) < 4.78 is 106. The molecular weight excluding hydrogens is 1200 g/mol. The van der Waals surface area contributed by atoms with Crippen LogP contribution in [0.1, 0.15) is 27.8 Å². The molecule has 0 aliphatic heterocycles. The summed E-state index contributed by atoms with van der Waals surface area (Å²) >= 11 is 0. The summed E-state index contributed by atoms with van der Waals surface area (Å²) in [6.45, 7) is 10.5. The van der Waals surface area contributed by atoms with E-state index in [0.29, 0.717) is 0 Å². The lowest BCUT2D eigenvalue weighted by Gasteiger charge is -2.03. The SMILES string of the molecule is Cc1ccc(-c2cc(-c3ccccc3)[o+]c(-c3ccccc3)c2)cc1.Cc1ccc(-c2cc(-c3ccccc3)cc(-c3ccc(C)cc3)[o+]2)cc1.Cc1ccc(-c2cc(-c3ccccc3)cc(-c3ccc(C)cc3)[o+]2)cc1.FB(F)F.FB(F)F.FB(F)F.[F-].[F-].[F-]. The van der Waals surface area contributed by atoms with Crippen molar-refractivity contribution in [2.24, 2.45) is 0 Å². The Hall–Kier alpha value is -10.2. The van der Waals surface area contributed by atoms with E-state index in [4.69, 9.17) is 13.3 Å². The van der Waals surface area contributed by atoms with Gasteiger partial charge in [0.1, 0.15) is 0 Å². The first-order valence-corrected chi connectivity index (χ1v) is 28.2. The van der Waals surface area contributed by atoms with Gasteiger partial charge < -0.3 is 14.1 Å². The maximum Gasteiger partial charge on any atom is 0.762 e. The van der Waals surface area contributed by atoms with Gasteiger partial charge in [0.05, 0.1) is 69.8 Å². The molecule has 0 bridgehead atoms. The van der Waals surface area contributed by atoms with Crippen molar-refractivity contribution in [2.45, 2.75) is 34.6 Å². The Balaban J connectivity index is 0.000000266. The van der Waals surface area contributed by atoms with Gasteiger partial charge in [-0.25, -0.2) is 13.3 Å². The average Bonchev–Trinajstić information content (AvgIpc) is 1.08. The Labute approximate surface area is 529 Å². The third-order valence-corrected chi connectivity index (χ3v) is 13.4. The lowest BCUT2D eigenvalue weighted by atomic mass is 10.0. The summed E-state index contributed by atoms with van der Waals surface area (Å²) in [6, 6.07) is 96.5. The van der Waals surface area contributed by atoms with E-state index in [1.807, 2.05) is 48.5 Å². The van der Waals surface area contributed by atoms with Crippen molar-refractivity contribution < 1.29 is 66.2 Å². The molecule has 0 fully saturated rings. The van der Waals surface area contributed by atoms with Crippen LogP contribution < -0.4 is 14.1 Å². The zero-order valence-corrected chi connectivity index (χ0v) is 50.6. The van der Waals surface area contributed by atoms with Gasteiger partial charge in [0.25, 0.3) is 0 Å². The lowest BCUT2D eigenvalue weighted by molar-refractivity contribution is -0.00100. The fourth-order valence-corrected chi connectivity index (χ4v) is 8.94. The van der Waals surface area contributed by atoms with E-state index in [9.17, 15) is 38.8 Å². The van der Waals surface area contributed by atoms with E-state index < -0.39 is 22.6 Å². The number of benzene rings is 9. The second-order valence-electron chi connectivity index (χ2n) is 20.3. The maximum atomic E-state index is 9.67. The third kappa shape index (κ3) is 24.0. The highest BCUT2D eigenvalue weighted by molar-refractivity contribution is 6.33. The molecule has 12 aromatic rings. The standard InChI is InChI=1S/2C25H21O.C24H19O.3BF3.3FH/c2*1-18-8-12-21(13-9-18)24-16-23(20-6-4-3-5-7-20)17-25(26-24)22-14-10-19(2)11-15-22;1-18-12-14-19(15-13-18)22-16-23(20-8-4-2-5-9-20)25-24(17-22)21-10-6-3-7-11-21;3*2-1(3)4;;;/h2*3-17H,1-2H3;2-17H,1H3;;;;3*1H/q3*+1;;;;;;/p-3. The molecule has 3 heterocycles. The minimum absolute atomic E-state index is 0. The Kier molecular flexibility index (Phi) is 30.4. The summed E-state index contributed by atoms with van der Waals surface area (Å²) in [4.78, 5) is 0. The number of halogens is 12. The van der Waals surface area contributed by atoms with Crippen LogP contribution >= 0.6 is 0 Å². The molecule has 0 amide bonds. The van der Waals surface area contributed by atoms with E-state index in [-0.39, 0.29) is 14.1 Å². The number of aryl methyl sites for hydroxylation is 5. The molecule has 0 radical (unpaired) electrons. The minimum Gasteiger partial charge on any atom is -1.00 e. The van der Waals surface area contributed by atoms with Gasteiger partial charge in [-0.15, -0.1) is 0 Å². The minimum atomic E-state index is -3.67. The molecular formula is C74H61B3F12O3. The molecule has 18 heteroatoms. The first kappa shape index (κ1) is 74.2. The number of hydrogen-bond donors (Lipinski definition) is 0. The highest BCUT2D eigenvalue weighted by Crippen LogP contribution is 2.36. The van der Waals surface area contributed by atoms with E-state index in [2.05, 4.69) is 265 Å². The summed E-state index contributed by atoms with van der Waals surface area (Å²) in [5.74, 6) is 5.25. The van der Waals surface area contributed by atoms with Gasteiger partial charge in [-0.3, -0.25) is 38.8 Å². The van der Waals surface area contributed by atoms with Gasteiger partial charge in [0.2, 0.25) is 0 Å². The number of rotatable bonds is 9. The highest BCUT2D eigenvalue weighted by Gasteiger charge is 2.24. The Morgan fingerprint density at radius 1 is 0.185 bits per heavy atom. The normalized spacial score (nSPS) is 9.80. The van der Waals surface area contributed by atoms with Gasteiger partial charge in [-0.05, 0) is 124 Å². The molecule has 0 N–H and O–H groups in total. The predicted molar refractivity (Wildman–Crippen MR) is 349 cm³/mol. The van der Waals surface area contributed by atoms with Crippen LogP contribution in [-0.2, 0) is 0 Å². The van der Waals surface area contributed by atoms with E-state index in [1.54, 1.807) is 0 Å². The van der Waals surface area contributed by atoms with E-state index in [0.717, 1.165) is 84.6 Å². The van der Waals surface area contributed by atoms with Crippen LogP contribution in [0, 0.1) is 34.6 Å². The lowest BCUT2D eigenvalue weighted by Crippen LogP contribution is -3.00. The second-order valence-corrected chi connectivity index (χ2v) is 20.3. The van der Waals surface area contributed by atoms with Crippen LogP contribution in [0.2, 0.25) is 0 Å². The van der Waals surface area contributed by atoms with Crippen LogP contribution in [0.4, 0.5) is 38.8 Å². The Bertz CT molecular complexity index is 3670. The van der Waals surface area contributed by atoms with Crippen molar-refractivity contribution in [2.75, 3.05) is 0 Å². The number of hydrogen-bond acceptors (Lipinski definition) is 0. The van der Waals surface area contributed by atoms with Crippen molar-refractivity contribution in [1.82, 2.24) is 0 Å². The molecule has 0 unspecified atom stereocenters. The largest absolute Gasteiger partial charge is 1.00 e. The molecule has 92 heavy (non-hydrogen) atoms. The highest BCUT2D eigenvalue weighted by atomic mass is 19.4. The molecule has 12 rings (SSSR count). The van der Waals surface area contributed by atoms with Gasteiger partial charge in [-0.1, -0.05) is 198 Å². The average molecular weight is 1260 g/mol. The molecule has 9 aromatic carbocycles. The molecule has 3 nitrogen and oxygen atoms in total. The zero-order chi connectivity index (χ0) is 63.7. The van der Waals surface area contributed by atoms with E-state index in [1.165, 1.54) is 44.5 Å². The smallest absolute Gasteiger partial charge is 0.762 e. The van der Waals surface area contributed by atoms with Gasteiger partial charge in [-0.2, -0.15) is 0 Å². The monoisotopic (exact) mass is 1260 g/mol. The van der Waals surface area contributed by atoms with Crippen LogP contribution in [0.15, 0.2) is 292 Å². The summed E-state index contributed by atoms with van der Waals surface area (Å²) in [5.41, 5.74) is 19.8. The predicted octanol–water partition coefficient (Wildman–Crippen LogP) is 14.9. The van der Waals surface area contributed by atoms with Gasteiger partial charge >= 0.3 is 57.2 Å². The van der Waals surface area contributed by atoms with Crippen LogP contribution in [-0.4, -0.2) is 22.6 Å². The zero-order valence-electron chi connectivity index (χ0n) is 50.6. The Morgan fingerprint density at radius 3 is 0.489 bits per heavy atom. The molecule has 3 aromatic heterocycles. The summed E-state index contributed by atoms with van der Waals surface area (Å²) in [7, 11) is -11.0. The summed E-state index contributed by atoms with van der Waals surface area (Å²) in [5, 5.41) is 0. The topological polar surface area (TPSA) is 33.9 Å². The van der Waals surface area contributed by atoms with Crippen molar-refractivity contribution >= 4 is 22.6 Å². The third-order valence-electron chi connectivity index (χ3n) is 13.4. The first-order valence-electron chi connectivity index (χ1n) is 28.2. The molecule has 0 saturated heterocycles. The first-order chi connectivity index (χ1) is 42.9. The van der Waals surface area contributed by atoms with Crippen LogP contribution in [0.5, 0.6) is 0 Å². The fourth-order valence-electron chi connectivity index (χ4n) is 8.94.